The third-order valence-electron chi connectivity index (χ3n) is 7.09. The van der Waals surface area contributed by atoms with E-state index in [9.17, 15) is 0 Å². The van der Waals surface area contributed by atoms with Gasteiger partial charge in [-0.2, -0.15) is 0 Å². The Morgan fingerprint density at radius 2 is 1.45 bits per heavy atom. The van der Waals surface area contributed by atoms with E-state index in [0.717, 1.165) is 0 Å². The molecule has 1 aliphatic heterocycles. The van der Waals surface area contributed by atoms with Crippen molar-refractivity contribution in [2.24, 2.45) is 0 Å². The lowest BCUT2D eigenvalue weighted by Crippen LogP contribution is -2.63. The summed E-state index contributed by atoms with van der Waals surface area (Å²) in [7, 11) is -1.82. The fraction of sp³-hybridized carbons (Fsp3) is 1.00. The van der Waals surface area contributed by atoms with Crippen LogP contribution in [0.25, 0.3) is 0 Å². The summed E-state index contributed by atoms with van der Waals surface area (Å²) in [6.07, 6.45) is 9.52. The van der Waals surface area contributed by atoms with Crippen molar-refractivity contribution in [2.75, 3.05) is 0 Å². The van der Waals surface area contributed by atoms with Gasteiger partial charge >= 0.3 is 0 Å². The van der Waals surface area contributed by atoms with E-state index < -0.39 is 8.32 Å². The first-order valence-corrected chi connectivity index (χ1v) is 11.8. The fourth-order valence-electron chi connectivity index (χ4n) is 5.88. The molecule has 2 aliphatic carbocycles. The second kappa shape index (κ2) is 5.60. The topological polar surface area (TPSA) is 21.8 Å². The highest BCUT2D eigenvalue weighted by atomic mass is 28.4. The molecular weight excluding hydrogens is 288 g/mol. The Balaban J connectivity index is 1.91. The largest absolute Gasteiger partial charge is 0.407 e. The van der Waals surface area contributed by atoms with Crippen molar-refractivity contribution in [2.45, 2.75) is 120 Å². The number of ether oxygens (including phenoxy) is 1. The molecule has 3 fully saturated rings. The van der Waals surface area contributed by atoms with E-state index in [1.807, 2.05) is 0 Å². The zero-order valence-electron chi connectivity index (χ0n) is 15.6. The second-order valence-corrected chi connectivity index (χ2v) is 14.4. The molecule has 1 heterocycles. The predicted molar refractivity (Wildman–Crippen MR) is 94.8 cm³/mol. The average Bonchev–Trinajstić information content (AvgIpc) is 3.12. The molecule has 3 heteroatoms. The molecule has 2 nitrogen and oxygen atoms in total. The van der Waals surface area contributed by atoms with Crippen molar-refractivity contribution in [3.05, 3.63) is 0 Å². The number of fused-ring (bicyclic) bond motifs is 1. The lowest BCUT2D eigenvalue weighted by atomic mass is 9.66. The summed E-state index contributed by atoms with van der Waals surface area (Å²) < 4.78 is 13.7. The Bertz CT molecular complexity index is 392. The molecule has 2 atom stereocenters. The van der Waals surface area contributed by atoms with Crippen LogP contribution in [-0.4, -0.2) is 25.6 Å². The van der Waals surface area contributed by atoms with Crippen molar-refractivity contribution in [3.8, 4) is 0 Å². The summed E-state index contributed by atoms with van der Waals surface area (Å²) in [6.45, 7) is 14.4. The highest BCUT2D eigenvalue weighted by Gasteiger charge is 2.73. The number of hydrogen-bond donors (Lipinski definition) is 0. The monoisotopic (exact) mass is 324 g/mol. The summed E-state index contributed by atoms with van der Waals surface area (Å²) in [5.41, 5.74) is 2.19. The third kappa shape index (κ3) is 2.18. The van der Waals surface area contributed by atoms with E-state index in [2.05, 4.69) is 41.5 Å². The van der Waals surface area contributed by atoms with Crippen LogP contribution in [0.15, 0.2) is 0 Å². The minimum Gasteiger partial charge on any atom is -0.407 e. The molecule has 1 saturated heterocycles. The quantitative estimate of drug-likeness (QED) is 0.454. The van der Waals surface area contributed by atoms with Gasteiger partial charge in [-0.15, -0.1) is 0 Å². The van der Waals surface area contributed by atoms with Gasteiger partial charge in [-0.3, -0.25) is 0 Å². The minimum absolute atomic E-state index is 0.0725. The lowest BCUT2D eigenvalue weighted by Gasteiger charge is -2.56. The van der Waals surface area contributed by atoms with Gasteiger partial charge in [0.05, 0.1) is 11.7 Å². The van der Waals surface area contributed by atoms with Crippen LogP contribution in [-0.2, 0) is 9.16 Å². The summed E-state index contributed by atoms with van der Waals surface area (Å²) in [6, 6.07) is 0. The van der Waals surface area contributed by atoms with Crippen molar-refractivity contribution in [3.63, 3.8) is 0 Å². The molecule has 0 radical (unpaired) electrons. The zero-order valence-corrected chi connectivity index (χ0v) is 16.6. The molecule has 2 saturated carbocycles. The molecule has 22 heavy (non-hydrogen) atoms. The fourth-order valence-corrected chi connectivity index (χ4v) is 11.6. The lowest BCUT2D eigenvalue weighted by molar-refractivity contribution is -0.0919. The van der Waals surface area contributed by atoms with Crippen LogP contribution >= 0.6 is 0 Å². The van der Waals surface area contributed by atoms with Gasteiger partial charge in [-0.05, 0) is 48.7 Å². The summed E-state index contributed by atoms with van der Waals surface area (Å²) in [5.74, 6) is 0. The first-order chi connectivity index (χ1) is 10.3. The Hall–Kier alpha value is 0.137. The van der Waals surface area contributed by atoms with Gasteiger partial charge < -0.3 is 9.16 Å². The highest BCUT2D eigenvalue weighted by molar-refractivity contribution is 6.77. The smallest absolute Gasteiger partial charge is 0.201 e. The number of epoxide rings is 1. The van der Waals surface area contributed by atoms with Crippen LogP contribution in [0.4, 0.5) is 0 Å². The molecule has 0 aromatic heterocycles. The minimum atomic E-state index is -1.82. The first kappa shape index (κ1) is 17.0. The molecule has 0 spiro atoms. The summed E-state index contributed by atoms with van der Waals surface area (Å²) in [4.78, 5) is 0. The van der Waals surface area contributed by atoms with Crippen LogP contribution in [0, 0.1) is 0 Å². The van der Waals surface area contributed by atoms with E-state index in [1.54, 1.807) is 0 Å². The second-order valence-electron chi connectivity index (χ2n) is 9.01. The van der Waals surface area contributed by atoms with Crippen molar-refractivity contribution in [1.82, 2.24) is 0 Å². The average molecular weight is 325 g/mol. The number of hydrogen-bond acceptors (Lipinski definition) is 2. The molecule has 3 aliphatic rings. The van der Waals surface area contributed by atoms with E-state index in [-0.39, 0.29) is 11.2 Å². The zero-order chi connectivity index (χ0) is 16.2. The van der Waals surface area contributed by atoms with Crippen LogP contribution in [0.5, 0.6) is 0 Å². The van der Waals surface area contributed by atoms with Gasteiger partial charge in [-0.1, -0.05) is 54.4 Å². The van der Waals surface area contributed by atoms with Gasteiger partial charge in [0.25, 0.3) is 0 Å². The Labute approximate surface area is 138 Å². The van der Waals surface area contributed by atoms with E-state index in [0.29, 0.717) is 22.7 Å². The van der Waals surface area contributed by atoms with Gasteiger partial charge in [0, 0.05) is 0 Å². The van der Waals surface area contributed by atoms with Gasteiger partial charge in [0.2, 0.25) is 8.32 Å². The molecule has 0 aromatic rings. The molecule has 3 rings (SSSR count). The Morgan fingerprint density at radius 3 is 1.86 bits per heavy atom. The predicted octanol–water partition coefficient (Wildman–Crippen LogP) is 5.81. The maximum atomic E-state index is 7.34. The molecule has 0 N–H and O–H groups in total. The first-order valence-electron chi connectivity index (χ1n) is 9.69. The molecular formula is C19H36O2Si. The van der Waals surface area contributed by atoms with Crippen LogP contribution < -0.4 is 0 Å². The van der Waals surface area contributed by atoms with Gasteiger partial charge in [0.15, 0.2) is 0 Å². The summed E-state index contributed by atoms with van der Waals surface area (Å²) >= 11 is 0. The maximum absolute atomic E-state index is 7.34. The Kier molecular flexibility index (Phi) is 4.32. The molecule has 128 valence electrons. The van der Waals surface area contributed by atoms with Crippen molar-refractivity contribution in [1.29, 1.82) is 0 Å². The molecule has 0 bridgehead atoms. The van der Waals surface area contributed by atoms with Crippen LogP contribution in [0.3, 0.4) is 0 Å². The highest BCUT2D eigenvalue weighted by Crippen LogP contribution is 2.64. The van der Waals surface area contributed by atoms with Gasteiger partial charge in [-0.25, -0.2) is 0 Å². The van der Waals surface area contributed by atoms with E-state index in [1.165, 1.54) is 44.9 Å². The van der Waals surface area contributed by atoms with Crippen LogP contribution in [0.2, 0.25) is 16.6 Å². The van der Waals surface area contributed by atoms with E-state index >= 15 is 0 Å². The molecule has 0 aromatic carbocycles. The van der Waals surface area contributed by atoms with Gasteiger partial charge in [0.1, 0.15) is 5.60 Å². The molecule has 0 amide bonds. The SMILES string of the molecule is CC(C)[Si](OC1([C@]23CCCC[C@H]2O3)CCC1)(C(C)C)C(C)C. The molecule has 0 unspecified atom stereocenters. The van der Waals surface area contributed by atoms with E-state index in [4.69, 9.17) is 9.16 Å². The maximum Gasteiger partial charge on any atom is 0.201 e. The van der Waals surface area contributed by atoms with Crippen molar-refractivity contribution >= 4 is 8.32 Å². The normalized spacial score (nSPS) is 34.0. The summed E-state index contributed by atoms with van der Waals surface area (Å²) in [5, 5.41) is 0. The number of rotatable bonds is 6. The van der Waals surface area contributed by atoms with Crippen molar-refractivity contribution < 1.29 is 9.16 Å². The third-order valence-corrected chi connectivity index (χ3v) is 13.3. The standard InChI is InChI=1S/C19H36O2Si/c1-14(2)22(15(3)4,16(5)6)21-18(11-9-12-18)19-13-8-7-10-17(19)20-19/h14-17H,7-13H2,1-6H3/t17-,19+/m1/s1. The van der Waals surface area contributed by atoms with Crippen LogP contribution in [0.1, 0.15) is 86.5 Å². The Morgan fingerprint density at radius 1 is 0.864 bits per heavy atom.